The molecule has 0 spiro atoms. The van der Waals surface area contributed by atoms with Gasteiger partial charge in [-0.05, 0) is 44.9 Å². The number of hydrogen-bond acceptors (Lipinski definition) is 5. The number of rotatable bonds is 6. The van der Waals surface area contributed by atoms with Crippen LogP contribution in [-0.2, 0) is 20.8 Å². The molecule has 6 heteroatoms. The van der Waals surface area contributed by atoms with Gasteiger partial charge in [0.25, 0.3) is 0 Å². The van der Waals surface area contributed by atoms with Crippen molar-refractivity contribution in [3.63, 3.8) is 0 Å². The molecule has 23 heavy (non-hydrogen) atoms. The topological polar surface area (TPSA) is 76.7 Å². The molecule has 0 aliphatic carbocycles. The molecule has 1 rings (SSSR count). The summed E-state index contributed by atoms with van der Waals surface area (Å²) >= 11 is 0. The molecule has 0 bridgehead atoms. The maximum atomic E-state index is 11.5. The van der Waals surface area contributed by atoms with Gasteiger partial charge in [0.05, 0.1) is 6.61 Å². The molecular formula is C17H24N2O4. The normalized spacial score (nSPS) is 11.3. The second-order valence-corrected chi connectivity index (χ2v) is 5.81. The summed E-state index contributed by atoms with van der Waals surface area (Å²) in [5.74, 6) is -0.361. The number of hydrazine groups is 1. The second-order valence-electron chi connectivity index (χ2n) is 5.81. The summed E-state index contributed by atoms with van der Waals surface area (Å²) in [6.45, 7) is 7.98. The van der Waals surface area contributed by atoms with Crippen LogP contribution in [0.4, 0.5) is 4.79 Å². The van der Waals surface area contributed by atoms with Crippen molar-refractivity contribution in [3.05, 3.63) is 41.5 Å². The van der Waals surface area contributed by atoms with Crippen molar-refractivity contribution in [3.8, 4) is 0 Å². The predicted octanol–water partition coefficient (Wildman–Crippen LogP) is 2.79. The van der Waals surface area contributed by atoms with Crippen molar-refractivity contribution < 1.29 is 19.1 Å². The predicted molar refractivity (Wildman–Crippen MR) is 88.3 cm³/mol. The third-order valence-electron chi connectivity index (χ3n) is 2.56. The van der Waals surface area contributed by atoms with E-state index in [0.717, 1.165) is 11.1 Å². The quantitative estimate of drug-likeness (QED) is 0.479. The molecule has 2 N–H and O–H groups in total. The molecule has 0 radical (unpaired) electrons. The number of carbonyl (C=O) groups is 2. The number of amides is 1. The average Bonchev–Trinajstić information content (AvgIpc) is 2.45. The lowest BCUT2D eigenvalue weighted by molar-refractivity contribution is -0.137. The Morgan fingerprint density at radius 1 is 1.17 bits per heavy atom. The number of nitrogens with one attached hydrogen (secondary N) is 2. The fourth-order valence-electron chi connectivity index (χ4n) is 1.62. The SMILES string of the molecule is CCOC(=O)/C=C/c1ccc(CNNC(=O)OC(C)(C)C)cc1. The van der Waals surface area contributed by atoms with Gasteiger partial charge >= 0.3 is 12.1 Å². The van der Waals surface area contributed by atoms with Crippen LogP contribution in [0.5, 0.6) is 0 Å². The van der Waals surface area contributed by atoms with Gasteiger partial charge in [-0.1, -0.05) is 24.3 Å². The van der Waals surface area contributed by atoms with E-state index < -0.39 is 11.7 Å². The van der Waals surface area contributed by atoms with Gasteiger partial charge in [0.15, 0.2) is 0 Å². The van der Waals surface area contributed by atoms with Crippen LogP contribution in [-0.4, -0.2) is 24.3 Å². The highest BCUT2D eigenvalue weighted by atomic mass is 16.6. The molecule has 0 aliphatic rings. The minimum Gasteiger partial charge on any atom is -0.463 e. The molecule has 1 aromatic rings. The minimum absolute atomic E-state index is 0.360. The van der Waals surface area contributed by atoms with Crippen LogP contribution in [0.15, 0.2) is 30.3 Å². The van der Waals surface area contributed by atoms with Crippen LogP contribution in [0.25, 0.3) is 6.08 Å². The van der Waals surface area contributed by atoms with Gasteiger partial charge in [0.1, 0.15) is 5.60 Å². The van der Waals surface area contributed by atoms with E-state index in [4.69, 9.17) is 9.47 Å². The molecule has 0 saturated carbocycles. The summed E-state index contributed by atoms with van der Waals surface area (Å²) in [6, 6.07) is 7.55. The number of ether oxygens (including phenoxy) is 2. The van der Waals surface area contributed by atoms with Crippen molar-refractivity contribution >= 4 is 18.1 Å². The van der Waals surface area contributed by atoms with Crippen molar-refractivity contribution in [2.24, 2.45) is 0 Å². The Bertz CT molecular complexity index is 545. The van der Waals surface area contributed by atoms with E-state index in [1.807, 2.05) is 24.3 Å². The van der Waals surface area contributed by atoms with E-state index in [9.17, 15) is 9.59 Å². The molecule has 1 aromatic carbocycles. The molecule has 0 saturated heterocycles. The summed E-state index contributed by atoms with van der Waals surface area (Å²) in [6.07, 6.45) is 2.56. The summed E-state index contributed by atoms with van der Waals surface area (Å²) in [5, 5.41) is 0. The summed E-state index contributed by atoms with van der Waals surface area (Å²) in [4.78, 5) is 22.7. The molecule has 0 unspecified atom stereocenters. The van der Waals surface area contributed by atoms with Gasteiger partial charge in [-0.25, -0.2) is 15.0 Å². The van der Waals surface area contributed by atoms with Crippen LogP contribution in [0.1, 0.15) is 38.8 Å². The monoisotopic (exact) mass is 320 g/mol. The first-order chi connectivity index (χ1) is 10.8. The minimum atomic E-state index is -0.529. The van der Waals surface area contributed by atoms with Gasteiger partial charge in [0, 0.05) is 12.6 Å². The van der Waals surface area contributed by atoms with Crippen LogP contribution in [0, 0.1) is 0 Å². The first-order valence-electron chi connectivity index (χ1n) is 7.46. The third-order valence-corrected chi connectivity index (χ3v) is 2.56. The molecule has 1 amide bonds. The smallest absolute Gasteiger partial charge is 0.422 e. The molecule has 126 valence electrons. The number of esters is 1. The van der Waals surface area contributed by atoms with E-state index in [-0.39, 0.29) is 5.97 Å². The van der Waals surface area contributed by atoms with Crippen molar-refractivity contribution in [2.75, 3.05) is 6.61 Å². The first-order valence-corrected chi connectivity index (χ1v) is 7.46. The Hall–Kier alpha value is -2.34. The van der Waals surface area contributed by atoms with Gasteiger partial charge in [0.2, 0.25) is 0 Å². The third kappa shape index (κ3) is 8.63. The highest BCUT2D eigenvalue weighted by Gasteiger charge is 2.15. The zero-order valence-corrected chi connectivity index (χ0v) is 14.0. The number of carbonyl (C=O) groups excluding carboxylic acids is 2. The fourth-order valence-corrected chi connectivity index (χ4v) is 1.62. The lowest BCUT2D eigenvalue weighted by Crippen LogP contribution is -2.40. The fraction of sp³-hybridized carbons (Fsp3) is 0.412. The van der Waals surface area contributed by atoms with E-state index in [1.54, 1.807) is 33.8 Å². The van der Waals surface area contributed by atoms with Crippen LogP contribution < -0.4 is 10.9 Å². The lowest BCUT2D eigenvalue weighted by atomic mass is 10.1. The Kier molecular flexibility index (Phi) is 7.28. The molecule has 0 heterocycles. The van der Waals surface area contributed by atoms with E-state index in [2.05, 4.69) is 10.9 Å². The molecular weight excluding hydrogens is 296 g/mol. The Morgan fingerprint density at radius 3 is 2.39 bits per heavy atom. The summed E-state index contributed by atoms with van der Waals surface area (Å²) in [5.41, 5.74) is 6.61. The Balaban J connectivity index is 2.40. The van der Waals surface area contributed by atoms with E-state index in [0.29, 0.717) is 13.2 Å². The molecule has 6 nitrogen and oxygen atoms in total. The lowest BCUT2D eigenvalue weighted by Gasteiger charge is -2.19. The maximum absolute atomic E-state index is 11.5. The highest BCUT2D eigenvalue weighted by Crippen LogP contribution is 2.07. The molecule has 0 aromatic heterocycles. The van der Waals surface area contributed by atoms with Crippen molar-refractivity contribution in [1.29, 1.82) is 0 Å². The zero-order chi connectivity index (χ0) is 17.3. The van der Waals surface area contributed by atoms with Crippen molar-refractivity contribution in [2.45, 2.75) is 39.8 Å². The number of hydrogen-bond donors (Lipinski definition) is 2. The van der Waals surface area contributed by atoms with E-state index in [1.165, 1.54) is 6.08 Å². The Labute approximate surface area is 136 Å². The zero-order valence-electron chi connectivity index (χ0n) is 14.0. The largest absolute Gasteiger partial charge is 0.463 e. The van der Waals surface area contributed by atoms with Crippen LogP contribution in [0.3, 0.4) is 0 Å². The van der Waals surface area contributed by atoms with Gasteiger partial charge in [-0.15, -0.1) is 0 Å². The van der Waals surface area contributed by atoms with Gasteiger partial charge in [-0.2, -0.15) is 0 Å². The van der Waals surface area contributed by atoms with E-state index >= 15 is 0 Å². The van der Waals surface area contributed by atoms with Gasteiger partial charge in [-0.3, -0.25) is 5.43 Å². The Morgan fingerprint density at radius 2 is 1.83 bits per heavy atom. The molecule has 0 aliphatic heterocycles. The van der Waals surface area contributed by atoms with Crippen LogP contribution in [0.2, 0.25) is 0 Å². The standard InChI is InChI=1S/C17H24N2O4/c1-5-22-15(20)11-10-13-6-8-14(9-7-13)12-18-19-16(21)23-17(2,3)4/h6-11,18H,5,12H2,1-4H3,(H,19,21)/b11-10+. The first kappa shape index (κ1) is 18.7. The van der Waals surface area contributed by atoms with Crippen molar-refractivity contribution in [1.82, 2.24) is 10.9 Å². The maximum Gasteiger partial charge on any atom is 0.422 e. The number of benzene rings is 1. The summed E-state index contributed by atoms with van der Waals surface area (Å²) in [7, 11) is 0. The highest BCUT2D eigenvalue weighted by molar-refractivity contribution is 5.87. The summed E-state index contributed by atoms with van der Waals surface area (Å²) < 4.78 is 9.91. The molecule has 0 atom stereocenters. The second kappa shape index (κ2) is 8.95. The average molecular weight is 320 g/mol. The van der Waals surface area contributed by atoms with Crippen LogP contribution >= 0.6 is 0 Å². The molecule has 0 fully saturated rings. The van der Waals surface area contributed by atoms with Gasteiger partial charge < -0.3 is 9.47 Å².